The van der Waals surface area contributed by atoms with Crippen LogP contribution in [0.5, 0.6) is 0 Å². The normalized spacial score (nSPS) is 23.7. The van der Waals surface area contributed by atoms with Crippen LogP contribution < -0.4 is 5.32 Å². The number of rotatable bonds is 2. The Morgan fingerprint density at radius 2 is 2.21 bits per heavy atom. The van der Waals surface area contributed by atoms with E-state index in [1.54, 1.807) is 12.3 Å². The van der Waals surface area contributed by atoms with Gasteiger partial charge in [0.15, 0.2) is 5.78 Å². The Kier molecular flexibility index (Phi) is 3.06. The van der Waals surface area contributed by atoms with Crippen molar-refractivity contribution >= 4 is 11.5 Å². The van der Waals surface area contributed by atoms with Crippen LogP contribution in [0.4, 0.5) is 0 Å². The fourth-order valence-corrected chi connectivity index (χ4v) is 1.76. The Balaban J connectivity index is 1.87. The molecule has 1 saturated heterocycles. The zero-order valence-corrected chi connectivity index (χ0v) is 8.20. The average molecular weight is 193 g/mol. The molecule has 2 heterocycles. The van der Waals surface area contributed by atoms with Gasteiger partial charge in [-0.05, 0) is 6.08 Å². The molecule has 1 N–H and O–H groups in total. The molecule has 2 aliphatic rings. The Labute approximate surface area is 83.7 Å². The zero-order valence-electron chi connectivity index (χ0n) is 8.20. The van der Waals surface area contributed by atoms with Gasteiger partial charge >= 0.3 is 0 Å². The second kappa shape index (κ2) is 4.48. The Morgan fingerprint density at radius 1 is 1.43 bits per heavy atom. The number of nitrogens with zero attached hydrogens (tertiary/aromatic N) is 2. The summed E-state index contributed by atoms with van der Waals surface area (Å²) in [4.78, 5) is 17.7. The first-order chi connectivity index (χ1) is 6.84. The molecule has 0 saturated carbocycles. The zero-order chi connectivity index (χ0) is 9.80. The number of piperazine rings is 1. The van der Waals surface area contributed by atoms with Crippen LogP contribution >= 0.6 is 0 Å². The van der Waals surface area contributed by atoms with Gasteiger partial charge in [0, 0.05) is 44.6 Å². The molecule has 0 radical (unpaired) electrons. The van der Waals surface area contributed by atoms with Gasteiger partial charge < -0.3 is 5.32 Å². The molecule has 0 atom stereocenters. The number of aliphatic imine (C=N–C) groups is 1. The summed E-state index contributed by atoms with van der Waals surface area (Å²) in [5, 5.41) is 3.30. The summed E-state index contributed by atoms with van der Waals surface area (Å²) >= 11 is 0. The van der Waals surface area contributed by atoms with Crippen molar-refractivity contribution in [2.45, 2.75) is 6.42 Å². The van der Waals surface area contributed by atoms with Gasteiger partial charge in [-0.15, -0.1) is 0 Å². The number of allylic oxidation sites excluding steroid dienone is 1. The molecule has 0 amide bonds. The first-order valence-electron chi connectivity index (χ1n) is 5.02. The molecule has 0 bridgehead atoms. The highest BCUT2D eigenvalue weighted by molar-refractivity contribution is 6.09. The van der Waals surface area contributed by atoms with Crippen molar-refractivity contribution in [2.75, 3.05) is 32.7 Å². The van der Waals surface area contributed by atoms with Crippen molar-refractivity contribution < 1.29 is 4.79 Å². The maximum absolute atomic E-state index is 11.1. The van der Waals surface area contributed by atoms with Gasteiger partial charge in [0.25, 0.3) is 0 Å². The summed E-state index contributed by atoms with van der Waals surface area (Å²) in [6.45, 7) is 5.03. The van der Waals surface area contributed by atoms with E-state index in [0.29, 0.717) is 6.42 Å². The number of carbonyl (C=O) groups is 1. The SMILES string of the molecule is O=C1C=CN=C(CN2CCNCC2)C1. The molecule has 2 rings (SSSR count). The molecule has 1 fully saturated rings. The molecule has 0 aliphatic carbocycles. The summed E-state index contributed by atoms with van der Waals surface area (Å²) in [6, 6.07) is 0. The summed E-state index contributed by atoms with van der Waals surface area (Å²) in [5.74, 6) is 0.171. The van der Waals surface area contributed by atoms with Gasteiger partial charge in [0.05, 0.1) is 6.42 Å². The molecule has 0 aromatic heterocycles. The van der Waals surface area contributed by atoms with Crippen molar-refractivity contribution in [3.8, 4) is 0 Å². The molecule has 0 aromatic rings. The summed E-state index contributed by atoms with van der Waals surface area (Å²) in [5.41, 5.74) is 0.999. The van der Waals surface area contributed by atoms with Gasteiger partial charge in [-0.3, -0.25) is 14.7 Å². The minimum absolute atomic E-state index is 0.171. The van der Waals surface area contributed by atoms with Crippen LogP contribution in [0.15, 0.2) is 17.3 Å². The lowest BCUT2D eigenvalue weighted by Gasteiger charge is -2.27. The van der Waals surface area contributed by atoms with E-state index in [-0.39, 0.29) is 5.78 Å². The van der Waals surface area contributed by atoms with E-state index in [2.05, 4.69) is 15.2 Å². The highest BCUT2D eigenvalue weighted by atomic mass is 16.1. The fourth-order valence-electron chi connectivity index (χ4n) is 1.76. The number of nitrogens with one attached hydrogen (secondary N) is 1. The van der Waals surface area contributed by atoms with Crippen LogP contribution in [0.3, 0.4) is 0 Å². The van der Waals surface area contributed by atoms with Crippen molar-refractivity contribution in [2.24, 2.45) is 4.99 Å². The Bertz CT molecular complexity index is 277. The number of ketones is 1. The first kappa shape index (κ1) is 9.55. The summed E-state index contributed by atoms with van der Waals surface area (Å²) in [7, 11) is 0. The first-order valence-corrected chi connectivity index (χ1v) is 5.02. The van der Waals surface area contributed by atoms with Gasteiger partial charge in [-0.1, -0.05) is 0 Å². The van der Waals surface area contributed by atoms with Gasteiger partial charge in [-0.25, -0.2) is 0 Å². The molecule has 76 valence electrons. The van der Waals surface area contributed by atoms with Crippen LogP contribution in [0.25, 0.3) is 0 Å². The molecule has 0 unspecified atom stereocenters. The predicted molar refractivity (Wildman–Crippen MR) is 55.5 cm³/mol. The van der Waals surface area contributed by atoms with Crippen molar-refractivity contribution in [1.82, 2.24) is 10.2 Å². The largest absolute Gasteiger partial charge is 0.314 e. The highest BCUT2D eigenvalue weighted by Crippen LogP contribution is 2.02. The van der Waals surface area contributed by atoms with E-state index >= 15 is 0 Å². The third kappa shape index (κ3) is 2.49. The molecule has 0 aromatic carbocycles. The molecule has 2 aliphatic heterocycles. The second-order valence-corrected chi connectivity index (χ2v) is 3.68. The van der Waals surface area contributed by atoms with Crippen LogP contribution in [-0.4, -0.2) is 49.1 Å². The quantitative estimate of drug-likeness (QED) is 0.661. The topological polar surface area (TPSA) is 44.7 Å². The third-order valence-corrected chi connectivity index (χ3v) is 2.51. The molecule has 4 heteroatoms. The van der Waals surface area contributed by atoms with Crippen LogP contribution in [0.2, 0.25) is 0 Å². The van der Waals surface area contributed by atoms with E-state index < -0.39 is 0 Å². The Morgan fingerprint density at radius 3 is 2.93 bits per heavy atom. The lowest BCUT2D eigenvalue weighted by Crippen LogP contribution is -2.45. The lowest BCUT2D eigenvalue weighted by molar-refractivity contribution is -0.113. The molecular formula is C10H15N3O. The Hall–Kier alpha value is -1.00. The van der Waals surface area contributed by atoms with Crippen molar-refractivity contribution in [3.05, 3.63) is 12.3 Å². The van der Waals surface area contributed by atoms with Gasteiger partial charge in [-0.2, -0.15) is 0 Å². The van der Waals surface area contributed by atoms with Gasteiger partial charge in [0.1, 0.15) is 0 Å². The molecule has 0 spiro atoms. The predicted octanol–water partition coefficient (Wildman–Crippen LogP) is -0.181. The standard InChI is InChI=1S/C10H15N3O/c14-10-1-2-12-9(7-10)8-13-5-3-11-4-6-13/h1-2,11H,3-8H2. The van der Waals surface area contributed by atoms with Crippen LogP contribution in [0.1, 0.15) is 6.42 Å². The number of carbonyl (C=O) groups excluding carboxylic acids is 1. The smallest absolute Gasteiger partial charge is 0.162 e. The van der Waals surface area contributed by atoms with Crippen LogP contribution in [-0.2, 0) is 4.79 Å². The lowest BCUT2D eigenvalue weighted by atomic mass is 10.1. The third-order valence-electron chi connectivity index (χ3n) is 2.51. The number of hydrogen-bond acceptors (Lipinski definition) is 4. The van der Waals surface area contributed by atoms with Gasteiger partial charge in [0.2, 0.25) is 0 Å². The van der Waals surface area contributed by atoms with Crippen LogP contribution in [0, 0.1) is 0 Å². The van der Waals surface area contributed by atoms with E-state index in [0.717, 1.165) is 38.4 Å². The minimum Gasteiger partial charge on any atom is -0.314 e. The van der Waals surface area contributed by atoms with Crippen molar-refractivity contribution in [1.29, 1.82) is 0 Å². The van der Waals surface area contributed by atoms with E-state index in [1.807, 2.05) is 0 Å². The second-order valence-electron chi connectivity index (χ2n) is 3.68. The fraction of sp³-hybridized carbons (Fsp3) is 0.600. The van der Waals surface area contributed by atoms with E-state index in [9.17, 15) is 4.79 Å². The highest BCUT2D eigenvalue weighted by Gasteiger charge is 2.14. The minimum atomic E-state index is 0.171. The average Bonchev–Trinajstić information content (AvgIpc) is 2.19. The number of hydrogen-bond donors (Lipinski definition) is 1. The van der Waals surface area contributed by atoms with Crippen molar-refractivity contribution in [3.63, 3.8) is 0 Å². The van der Waals surface area contributed by atoms with E-state index in [1.165, 1.54) is 0 Å². The molecular weight excluding hydrogens is 178 g/mol. The maximum atomic E-state index is 11.1. The summed E-state index contributed by atoms with van der Waals surface area (Å²) in [6.07, 6.45) is 3.66. The molecule has 4 nitrogen and oxygen atoms in total. The molecule has 14 heavy (non-hydrogen) atoms. The monoisotopic (exact) mass is 193 g/mol. The maximum Gasteiger partial charge on any atom is 0.162 e. The van der Waals surface area contributed by atoms with E-state index in [4.69, 9.17) is 0 Å². The summed E-state index contributed by atoms with van der Waals surface area (Å²) < 4.78 is 0.